The summed E-state index contributed by atoms with van der Waals surface area (Å²) in [5.41, 5.74) is 10.9. The molecule has 1 aliphatic carbocycles. The molecule has 0 aliphatic heterocycles. The van der Waals surface area contributed by atoms with Gasteiger partial charge in [0.05, 0.1) is 6.04 Å². The van der Waals surface area contributed by atoms with Gasteiger partial charge in [0.25, 0.3) is 0 Å². The van der Waals surface area contributed by atoms with Crippen LogP contribution in [0.15, 0.2) is 18.2 Å². The third-order valence-corrected chi connectivity index (χ3v) is 1.03. The third kappa shape index (κ3) is 0.967. The topological polar surface area (TPSA) is 52.0 Å². The lowest BCUT2D eigenvalue weighted by Crippen LogP contribution is -2.31. The molecule has 0 saturated heterocycles. The van der Waals surface area contributed by atoms with Crippen molar-refractivity contribution in [3.63, 3.8) is 0 Å². The first kappa shape index (κ1) is 5.54. The fourth-order valence-electron chi connectivity index (χ4n) is 0.511. The lowest BCUT2D eigenvalue weighted by Gasteiger charge is -2.12. The minimum atomic E-state index is -0.125. The molecule has 1 unspecified atom stereocenters. The van der Waals surface area contributed by atoms with Crippen LogP contribution in [-0.2, 0) is 0 Å². The van der Waals surface area contributed by atoms with Gasteiger partial charge in [-0.3, -0.25) is 0 Å². The molecule has 8 heavy (non-hydrogen) atoms. The summed E-state index contributed by atoms with van der Waals surface area (Å²) in [4.78, 5) is 0. The van der Waals surface area contributed by atoms with Gasteiger partial charge in [-0.25, -0.2) is 0 Å². The highest BCUT2D eigenvalue weighted by Crippen LogP contribution is 2.03. The maximum Gasteiger partial charge on any atom is 0.0770 e. The zero-order chi connectivity index (χ0) is 5.98. The second-order valence-electron chi connectivity index (χ2n) is 1.69. The van der Waals surface area contributed by atoms with E-state index in [1.54, 1.807) is 18.2 Å². The Morgan fingerprint density at radius 1 is 1.62 bits per heavy atom. The van der Waals surface area contributed by atoms with Gasteiger partial charge >= 0.3 is 0 Å². The molecule has 0 aromatic rings. The van der Waals surface area contributed by atoms with Gasteiger partial charge in [-0.05, 0) is 6.08 Å². The maximum atomic E-state index is 5.45. The average molecular weight is 108 g/mol. The van der Waals surface area contributed by atoms with Crippen molar-refractivity contribution in [2.45, 2.75) is 6.04 Å². The predicted octanol–water partition coefficient (Wildman–Crippen LogP) is -0.266. The normalized spacial score (nSPS) is 29.0. The molecule has 0 bridgehead atoms. The number of allylic oxidation sites excluding steroid dienone is 2. The zero-order valence-corrected chi connectivity index (χ0v) is 4.46. The summed E-state index contributed by atoms with van der Waals surface area (Å²) in [6, 6.07) is 0.573. The fourth-order valence-corrected chi connectivity index (χ4v) is 0.511. The van der Waals surface area contributed by atoms with Gasteiger partial charge in [-0.2, -0.15) is 0 Å². The molecule has 0 heterocycles. The summed E-state index contributed by atoms with van der Waals surface area (Å²) in [6.45, 7) is 0. The van der Waals surface area contributed by atoms with Gasteiger partial charge in [-0.1, -0.05) is 18.2 Å². The Labute approximate surface area is 48.9 Å². The van der Waals surface area contributed by atoms with Crippen LogP contribution in [0.3, 0.4) is 0 Å². The van der Waals surface area contributed by atoms with Gasteiger partial charge in [0.2, 0.25) is 0 Å². The van der Waals surface area contributed by atoms with Crippen LogP contribution in [-0.4, -0.2) is 6.04 Å². The van der Waals surface area contributed by atoms with Gasteiger partial charge in [0, 0.05) is 6.04 Å². The van der Waals surface area contributed by atoms with Crippen LogP contribution >= 0.6 is 0 Å². The highest BCUT2D eigenvalue weighted by atomic mass is 14.8. The zero-order valence-electron chi connectivity index (χ0n) is 4.46. The Kier molecular flexibility index (Phi) is 1.46. The van der Waals surface area contributed by atoms with Crippen molar-refractivity contribution >= 4 is 0 Å². The van der Waals surface area contributed by atoms with Crippen molar-refractivity contribution in [1.82, 2.24) is 0 Å². The molecule has 0 aromatic carbocycles. The van der Waals surface area contributed by atoms with Crippen molar-refractivity contribution in [3.8, 4) is 0 Å². The van der Waals surface area contributed by atoms with Crippen LogP contribution in [0.2, 0.25) is 0 Å². The standard InChI is InChI=1S/C6H8N2/c7-5-3-1-2-4-6(5)8/h1,3-4,6H,7-8H2. The molecule has 4 N–H and O–H groups in total. The molecule has 1 rings (SSSR count). The van der Waals surface area contributed by atoms with Gasteiger partial charge in [-0.15, -0.1) is 0 Å². The number of nitrogens with two attached hydrogens (primary N) is 2. The van der Waals surface area contributed by atoms with Crippen LogP contribution in [0.5, 0.6) is 0 Å². The first-order chi connectivity index (χ1) is 3.80. The van der Waals surface area contributed by atoms with Crippen LogP contribution in [0.25, 0.3) is 0 Å². The van der Waals surface area contributed by atoms with Crippen molar-refractivity contribution in [3.05, 3.63) is 30.3 Å². The van der Waals surface area contributed by atoms with Gasteiger partial charge < -0.3 is 11.5 Å². The number of hydrogen-bond acceptors (Lipinski definition) is 2. The average Bonchev–Trinajstić information content (AvgIpc) is 1.77. The minimum Gasteiger partial charge on any atom is -0.323 e. The fraction of sp³-hybridized carbons (Fsp3) is 0.167. The van der Waals surface area contributed by atoms with Crippen molar-refractivity contribution < 1.29 is 0 Å². The molecule has 0 aromatic heterocycles. The monoisotopic (exact) mass is 108 g/mol. The molecule has 1 atom stereocenters. The molecule has 1 aliphatic rings. The molecular formula is C6H8N2. The maximum absolute atomic E-state index is 5.45. The smallest absolute Gasteiger partial charge is 0.0770 e. The minimum absolute atomic E-state index is 0.125. The Hall–Kier alpha value is -0.600. The quantitative estimate of drug-likeness (QED) is 0.449. The van der Waals surface area contributed by atoms with Crippen LogP contribution in [0, 0.1) is 12.1 Å². The summed E-state index contributed by atoms with van der Waals surface area (Å²) in [7, 11) is 0. The van der Waals surface area contributed by atoms with E-state index in [4.69, 9.17) is 11.5 Å². The molecule has 0 fully saturated rings. The summed E-state index contributed by atoms with van der Waals surface area (Å²) in [6.07, 6.45) is 8.07. The van der Waals surface area contributed by atoms with Crippen LogP contribution < -0.4 is 11.5 Å². The molecule has 0 amide bonds. The van der Waals surface area contributed by atoms with Gasteiger partial charge in [0.1, 0.15) is 0 Å². The first-order valence-electron chi connectivity index (χ1n) is 2.44. The Morgan fingerprint density at radius 2 is 2.38 bits per heavy atom. The molecule has 42 valence electrons. The number of rotatable bonds is 0. The van der Waals surface area contributed by atoms with E-state index >= 15 is 0 Å². The summed E-state index contributed by atoms with van der Waals surface area (Å²) in [5.74, 6) is 0. The first-order valence-corrected chi connectivity index (χ1v) is 2.44. The van der Waals surface area contributed by atoms with E-state index in [9.17, 15) is 0 Å². The van der Waals surface area contributed by atoms with Crippen LogP contribution in [0.4, 0.5) is 0 Å². The molecule has 0 saturated carbocycles. The largest absolute Gasteiger partial charge is 0.323 e. The van der Waals surface area contributed by atoms with Crippen LogP contribution in [0.1, 0.15) is 0 Å². The summed E-state index contributed by atoms with van der Waals surface area (Å²) >= 11 is 0. The lowest BCUT2D eigenvalue weighted by molar-refractivity contribution is 0.832. The van der Waals surface area contributed by atoms with Crippen molar-refractivity contribution in [2.24, 2.45) is 11.5 Å². The van der Waals surface area contributed by atoms with E-state index in [0.717, 1.165) is 0 Å². The summed E-state index contributed by atoms with van der Waals surface area (Å²) in [5, 5.41) is 0. The third-order valence-electron chi connectivity index (χ3n) is 1.03. The number of hydrogen-bond donors (Lipinski definition) is 2. The lowest BCUT2D eigenvalue weighted by atomic mass is 10.1. The second-order valence-corrected chi connectivity index (χ2v) is 1.69. The van der Waals surface area contributed by atoms with E-state index in [1.807, 2.05) is 0 Å². The Morgan fingerprint density at radius 3 is 2.75 bits per heavy atom. The van der Waals surface area contributed by atoms with Crippen molar-refractivity contribution in [1.29, 1.82) is 0 Å². The summed E-state index contributed by atoms with van der Waals surface area (Å²) < 4.78 is 0. The molecule has 2 nitrogen and oxygen atoms in total. The molecule has 2 heteroatoms. The van der Waals surface area contributed by atoms with E-state index in [1.165, 1.54) is 0 Å². The Bertz CT molecular complexity index is 110. The SMILES string of the molecule is N[C]1C=C[C]=CC1N. The molecule has 2 radical (unpaired) electrons. The molecule has 0 spiro atoms. The van der Waals surface area contributed by atoms with E-state index in [2.05, 4.69) is 6.08 Å². The Balaban J connectivity index is 2.59. The highest BCUT2D eigenvalue weighted by Gasteiger charge is 2.08. The molecular weight excluding hydrogens is 100 g/mol. The van der Waals surface area contributed by atoms with E-state index in [-0.39, 0.29) is 6.04 Å². The second kappa shape index (κ2) is 2.11. The highest BCUT2D eigenvalue weighted by molar-refractivity contribution is 5.24. The van der Waals surface area contributed by atoms with E-state index in [0.29, 0.717) is 6.04 Å². The predicted molar refractivity (Wildman–Crippen MR) is 32.4 cm³/mol. The van der Waals surface area contributed by atoms with Gasteiger partial charge in [0.15, 0.2) is 0 Å². The van der Waals surface area contributed by atoms with E-state index < -0.39 is 0 Å². The van der Waals surface area contributed by atoms with Crippen molar-refractivity contribution in [2.75, 3.05) is 0 Å².